The van der Waals surface area contributed by atoms with Gasteiger partial charge in [-0.25, -0.2) is 9.78 Å². The van der Waals surface area contributed by atoms with Crippen molar-refractivity contribution >= 4 is 23.2 Å². The fourth-order valence-electron chi connectivity index (χ4n) is 3.27. The third-order valence-electron chi connectivity index (χ3n) is 4.41. The maximum atomic E-state index is 12.2. The zero-order valence-electron chi connectivity index (χ0n) is 12.1. The highest BCUT2D eigenvalue weighted by molar-refractivity contribution is 7.13. The fourth-order valence-corrected chi connectivity index (χ4v) is 4.02. The summed E-state index contributed by atoms with van der Waals surface area (Å²) >= 11 is 1.51. The quantitative estimate of drug-likeness (QED) is 0.945. The number of fused-ring (bicyclic) bond motifs is 2. The molecule has 1 amide bonds. The maximum absolute atomic E-state index is 12.2. The summed E-state index contributed by atoms with van der Waals surface area (Å²) in [6.45, 7) is 2.92. The molecule has 1 aromatic carbocycles. The molecule has 0 saturated carbocycles. The van der Waals surface area contributed by atoms with Crippen LogP contribution in [0.4, 0.5) is 10.6 Å². The van der Waals surface area contributed by atoms with Crippen LogP contribution in [0.5, 0.6) is 0 Å². The number of rotatable bonds is 3. The highest BCUT2D eigenvalue weighted by Crippen LogP contribution is 2.36. The average molecular weight is 315 g/mol. The minimum absolute atomic E-state index is 0.285. The second-order valence-corrected chi connectivity index (χ2v) is 6.72. The van der Waals surface area contributed by atoms with Gasteiger partial charge in [-0.3, -0.25) is 10.2 Å². The van der Waals surface area contributed by atoms with Crippen molar-refractivity contribution in [1.82, 2.24) is 9.88 Å². The predicted molar refractivity (Wildman–Crippen MR) is 86.1 cm³/mol. The van der Waals surface area contributed by atoms with Crippen LogP contribution >= 0.6 is 11.3 Å². The summed E-state index contributed by atoms with van der Waals surface area (Å²) in [7, 11) is 0. The van der Waals surface area contributed by atoms with Crippen LogP contribution in [0.1, 0.15) is 12.8 Å². The molecule has 2 aliphatic heterocycles. The van der Waals surface area contributed by atoms with E-state index in [-0.39, 0.29) is 5.60 Å². The summed E-state index contributed by atoms with van der Waals surface area (Å²) in [5, 5.41) is 2.81. The van der Waals surface area contributed by atoms with Crippen molar-refractivity contribution < 1.29 is 9.53 Å². The fraction of sp³-hybridized carbons (Fsp3) is 0.375. The molecule has 0 aliphatic carbocycles. The minimum atomic E-state index is -0.396. The van der Waals surface area contributed by atoms with Crippen molar-refractivity contribution in [2.75, 3.05) is 25.0 Å². The van der Waals surface area contributed by atoms with E-state index in [1.165, 1.54) is 11.3 Å². The van der Waals surface area contributed by atoms with Gasteiger partial charge in [0.05, 0.1) is 10.4 Å². The van der Waals surface area contributed by atoms with Gasteiger partial charge in [-0.05, 0) is 5.56 Å². The van der Waals surface area contributed by atoms with Crippen molar-refractivity contribution in [3.8, 4) is 10.4 Å². The zero-order chi connectivity index (χ0) is 15.0. The normalized spacial score (nSPS) is 26.1. The van der Waals surface area contributed by atoms with Crippen LogP contribution in [0.15, 0.2) is 35.8 Å². The van der Waals surface area contributed by atoms with E-state index in [1.54, 1.807) is 5.51 Å². The van der Waals surface area contributed by atoms with E-state index in [2.05, 4.69) is 15.2 Å². The summed E-state index contributed by atoms with van der Waals surface area (Å²) < 4.78 is 5.73. The molecule has 6 heteroatoms. The van der Waals surface area contributed by atoms with Gasteiger partial charge in [-0.2, -0.15) is 0 Å². The molecule has 0 spiro atoms. The average Bonchev–Trinajstić information content (AvgIpc) is 3.23. The van der Waals surface area contributed by atoms with E-state index < -0.39 is 6.09 Å². The minimum Gasteiger partial charge on any atom is -0.441 e. The second kappa shape index (κ2) is 5.37. The van der Waals surface area contributed by atoms with E-state index in [9.17, 15) is 4.79 Å². The Bertz CT molecular complexity index is 678. The first-order valence-corrected chi connectivity index (χ1v) is 8.33. The molecule has 4 rings (SSSR count). The molecule has 0 radical (unpaired) electrons. The molecule has 2 bridgehead atoms. The molecule has 2 aromatic rings. The van der Waals surface area contributed by atoms with E-state index >= 15 is 0 Å². The maximum Gasteiger partial charge on any atom is 0.413 e. The number of piperidine rings is 1. The number of carbonyl (C=O) groups excluding carboxylic acids is 1. The number of aromatic nitrogens is 1. The van der Waals surface area contributed by atoms with Crippen LogP contribution in [0, 0.1) is 0 Å². The number of anilines is 1. The third-order valence-corrected chi connectivity index (χ3v) is 5.29. The number of thiazole rings is 1. The lowest BCUT2D eigenvalue weighted by Crippen LogP contribution is -2.35. The van der Waals surface area contributed by atoms with Gasteiger partial charge in [0.2, 0.25) is 0 Å². The Morgan fingerprint density at radius 2 is 2.05 bits per heavy atom. The van der Waals surface area contributed by atoms with E-state index in [0.717, 1.165) is 42.9 Å². The number of hydrogen-bond acceptors (Lipinski definition) is 5. The molecular formula is C16H17N3O2S. The van der Waals surface area contributed by atoms with Crippen LogP contribution < -0.4 is 5.32 Å². The van der Waals surface area contributed by atoms with Crippen molar-refractivity contribution in [3.05, 3.63) is 35.8 Å². The van der Waals surface area contributed by atoms with E-state index in [1.807, 2.05) is 30.3 Å². The first-order valence-electron chi connectivity index (χ1n) is 7.45. The largest absolute Gasteiger partial charge is 0.441 e. The molecule has 3 heterocycles. The number of hydrogen-bond donors (Lipinski definition) is 1. The Labute approximate surface area is 132 Å². The van der Waals surface area contributed by atoms with Gasteiger partial charge >= 0.3 is 6.09 Å². The van der Waals surface area contributed by atoms with Crippen LogP contribution in [0.25, 0.3) is 10.4 Å². The summed E-state index contributed by atoms with van der Waals surface area (Å²) in [4.78, 5) is 19.8. The van der Waals surface area contributed by atoms with Gasteiger partial charge in [0.15, 0.2) is 5.82 Å². The van der Waals surface area contributed by atoms with Crippen molar-refractivity contribution in [3.63, 3.8) is 0 Å². The number of nitrogens with one attached hydrogen (secondary N) is 1. The van der Waals surface area contributed by atoms with Gasteiger partial charge in [0, 0.05) is 32.5 Å². The van der Waals surface area contributed by atoms with Gasteiger partial charge < -0.3 is 4.74 Å². The lowest BCUT2D eigenvalue weighted by molar-refractivity contribution is 0.0403. The van der Waals surface area contributed by atoms with Gasteiger partial charge in [-0.1, -0.05) is 30.3 Å². The molecule has 2 saturated heterocycles. The van der Waals surface area contributed by atoms with Crippen LogP contribution in [-0.2, 0) is 4.74 Å². The van der Waals surface area contributed by atoms with Crippen LogP contribution in [-0.4, -0.2) is 41.2 Å². The standard InChI is InChI=1S/C16H17N3O2S/c20-15(21-16-6-8-19(10-16)9-7-16)18-14-13(22-11-17-14)12-4-2-1-3-5-12/h1-5,11H,6-10H2,(H,18,20). The first-order chi connectivity index (χ1) is 10.7. The molecule has 2 fully saturated rings. The molecule has 2 aliphatic rings. The van der Waals surface area contributed by atoms with Gasteiger partial charge in [-0.15, -0.1) is 11.3 Å². The summed E-state index contributed by atoms with van der Waals surface area (Å²) in [6, 6.07) is 9.93. The Morgan fingerprint density at radius 3 is 2.73 bits per heavy atom. The van der Waals surface area contributed by atoms with Gasteiger partial charge in [0.25, 0.3) is 0 Å². The molecule has 1 N–H and O–H groups in total. The lowest BCUT2D eigenvalue weighted by atomic mass is 10.00. The number of carbonyl (C=O) groups is 1. The number of amides is 1. The molecular weight excluding hydrogens is 298 g/mol. The topological polar surface area (TPSA) is 54.5 Å². The number of benzene rings is 1. The van der Waals surface area contributed by atoms with Crippen molar-refractivity contribution in [2.45, 2.75) is 18.4 Å². The molecule has 22 heavy (non-hydrogen) atoms. The lowest BCUT2D eigenvalue weighted by Gasteiger charge is -2.25. The zero-order valence-corrected chi connectivity index (χ0v) is 12.9. The highest BCUT2D eigenvalue weighted by atomic mass is 32.1. The van der Waals surface area contributed by atoms with E-state index in [4.69, 9.17) is 4.74 Å². The van der Waals surface area contributed by atoms with Crippen LogP contribution in [0.3, 0.4) is 0 Å². The summed E-state index contributed by atoms with van der Waals surface area (Å²) in [5.41, 5.74) is 2.50. The monoisotopic (exact) mass is 315 g/mol. The molecule has 0 atom stereocenters. The van der Waals surface area contributed by atoms with Gasteiger partial charge in [0.1, 0.15) is 5.60 Å². The summed E-state index contributed by atoms with van der Waals surface area (Å²) in [6.07, 6.45) is 1.47. The summed E-state index contributed by atoms with van der Waals surface area (Å²) in [5.74, 6) is 0.574. The van der Waals surface area contributed by atoms with Crippen LogP contribution in [0.2, 0.25) is 0 Å². The first kappa shape index (κ1) is 13.7. The smallest absolute Gasteiger partial charge is 0.413 e. The van der Waals surface area contributed by atoms with Crippen molar-refractivity contribution in [2.24, 2.45) is 0 Å². The van der Waals surface area contributed by atoms with Crippen molar-refractivity contribution in [1.29, 1.82) is 0 Å². The molecule has 114 valence electrons. The Morgan fingerprint density at radius 1 is 1.27 bits per heavy atom. The second-order valence-electron chi connectivity index (χ2n) is 5.87. The SMILES string of the molecule is O=C(Nc1ncsc1-c1ccccc1)OC12CCN(CC1)C2. The van der Waals surface area contributed by atoms with E-state index in [0.29, 0.717) is 5.82 Å². The highest BCUT2D eigenvalue weighted by Gasteiger charge is 2.46. The Hall–Kier alpha value is -1.92. The molecule has 1 aromatic heterocycles. The number of ether oxygens (including phenoxy) is 1. The third kappa shape index (κ3) is 2.48. The molecule has 5 nitrogen and oxygen atoms in total. The Balaban J connectivity index is 1.48. The number of nitrogens with zero attached hydrogens (tertiary/aromatic N) is 2. The Kier molecular flexibility index (Phi) is 3.35. The predicted octanol–water partition coefficient (Wildman–Crippen LogP) is 3.21. The molecule has 0 unspecified atom stereocenters.